The maximum absolute atomic E-state index is 12.3. The predicted octanol–water partition coefficient (Wildman–Crippen LogP) is 0.969. The van der Waals surface area contributed by atoms with E-state index in [4.69, 9.17) is 24.2 Å². The summed E-state index contributed by atoms with van der Waals surface area (Å²) in [5, 5.41) is 8.86. The number of ether oxygens (including phenoxy) is 4. The summed E-state index contributed by atoms with van der Waals surface area (Å²) in [6, 6.07) is 1.36. The Bertz CT molecular complexity index is 889. The van der Waals surface area contributed by atoms with Crippen molar-refractivity contribution >= 4 is 17.9 Å². The summed E-state index contributed by atoms with van der Waals surface area (Å²) in [6.45, 7) is -0.102. The Morgan fingerprint density at radius 1 is 1.31 bits per heavy atom. The van der Waals surface area contributed by atoms with E-state index in [0.717, 1.165) is 17.4 Å². The van der Waals surface area contributed by atoms with E-state index in [9.17, 15) is 14.4 Å². The van der Waals surface area contributed by atoms with Crippen molar-refractivity contribution in [2.75, 3.05) is 12.1 Å². The lowest BCUT2D eigenvalue weighted by Gasteiger charge is -2.53. The van der Waals surface area contributed by atoms with Gasteiger partial charge in [0.15, 0.2) is 24.3 Å². The lowest BCUT2D eigenvalue weighted by molar-refractivity contribution is -0.167. The Balaban J connectivity index is 1.25. The van der Waals surface area contributed by atoms with Crippen molar-refractivity contribution in [1.82, 2.24) is 9.55 Å². The maximum atomic E-state index is 12.3. The van der Waals surface area contributed by atoms with Crippen LogP contribution in [0.1, 0.15) is 38.3 Å². The summed E-state index contributed by atoms with van der Waals surface area (Å²) in [5.41, 5.74) is 1.43. The molecule has 0 amide bonds. The third-order valence-corrected chi connectivity index (χ3v) is 6.47. The first-order valence-corrected chi connectivity index (χ1v) is 9.67. The third kappa shape index (κ3) is 3.04. The van der Waals surface area contributed by atoms with Crippen molar-refractivity contribution in [3.05, 3.63) is 22.7 Å². The van der Waals surface area contributed by atoms with E-state index in [1.54, 1.807) is 5.48 Å². The van der Waals surface area contributed by atoms with Gasteiger partial charge in [-0.15, -0.1) is 0 Å². The predicted molar refractivity (Wildman–Crippen MR) is 92.9 cm³/mol. The highest BCUT2D eigenvalue weighted by molar-refractivity contribution is 5.74. The van der Waals surface area contributed by atoms with Crippen molar-refractivity contribution in [2.45, 2.75) is 56.6 Å². The van der Waals surface area contributed by atoms with E-state index in [1.165, 1.54) is 31.5 Å². The summed E-state index contributed by atoms with van der Waals surface area (Å²) in [4.78, 5) is 39.8. The highest BCUT2D eigenvalue weighted by Crippen LogP contribution is 2.58. The molecule has 1 aromatic rings. The van der Waals surface area contributed by atoms with Gasteiger partial charge in [0.05, 0.1) is 5.92 Å². The summed E-state index contributed by atoms with van der Waals surface area (Å²) in [7, 11) is 0. The van der Waals surface area contributed by atoms with Gasteiger partial charge in [-0.05, 0) is 37.2 Å². The van der Waals surface area contributed by atoms with Gasteiger partial charge in [-0.2, -0.15) is 4.98 Å². The summed E-state index contributed by atoms with van der Waals surface area (Å²) >= 11 is 0. The molecule has 11 nitrogen and oxygen atoms in total. The van der Waals surface area contributed by atoms with Crippen LogP contribution < -0.4 is 11.2 Å². The van der Waals surface area contributed by atoms with Crippen LogP contribution in [-0.2, 0) is 23.7 Å². The van der Waals surface area contributed by atoms with E-state index >= 15 is 0 Å². The van der Waals surface area contributed by atoms with Crippen molar-refractivity contribution in [1.29, 1.82) is 0 Å². The molecule has 0 radical (unpaired) electrons. The molecule has 156 valence electrons. The maximum Gasteiger partial charge on any atom is 0.509 e. The summed E-state index contributed by atoms with van der Waals surface area (Å²) in [6.07, 6.45) is 2.41. The molecule has 4 aliphatic rings. The minimum Gasteiger partial charge on any atom is -0.463 e. The van der Waals surface area contributed by atoms with Gasteiger partial charge in [0, 0.05) is 6.20 Å². The van der Waals surface area contributed by atoms with Gasteiger partial charge in [-0.1, -0.05) is 6.42 Å². The number of carbonyl (C=O) groups is 2. The standard InChI is InChI=1S/C18H21N3O8/c22-15(9-6-18(7-9)3-1-4-18)26-8-10-12-13(29-17(24)28-12)14(27-10)21-5-2-11(20-25)19-16(21)23/h2,5,9-10,12-14,25H,1,3-4,6-8H2,(H,19,20,23)/t10-,12-,13-,14-/m1/s1. The Morgan fingerprint density at radius 3 is 2.72 bits per heavy atom. The molecule has 29 heavy (non-hydrogen) atoms. The van der Waals surface area contributed by atoms with Crippen LogP contribution in [0.25, 0.3) is 0 Å². The van der Waals surface area contributed by atoms with E-state index in [-0.39, 0.29) is 24.3 Å². The third-order valence-electron chi connectivity index (χ3n) is 6.47. The largest absolute Gasteiger partial charge is 0.509 e. The Hall–Kier alpha value is -2.66. The number of nitrogens with zero attached hydrogens (tertiary/aromatic N) is 2. The van der Waals surface area contributed by atoms with Crippen molar-refractivity contribution < 1.29 is 33.7 Å². The van der Waals surface area contributed by atoms with Crippen LogP contribution in [0, 0.1) is 11.3 Å². The number of aromatic nitrogens is 2. The van der Waals surface area contributed by atoms with Gasteiger partial charge < -0.3 is 18.9 Å². The van der Waals surface area contributed by atoms with Gasteiger partial charge in [-0.25, -0.2) is 9.59 Å². The fraction of sp³-hybridized carbons (Fsp3) is 0.667. The molecule has 2 aliphatic carbocycles. The minimum atomic E-state index is -0.982. The molecule has 3 heterocycles. The van der Waals surface area contributed by atoms with Gasteiger partial charge in [-0.3, -0.25) is 20.0 Å². The number of hydrogen-bond acceptors (Lipinski definition) is 10. The fourth-order valence-electron chi connectivity index (χ4n) is 4.77. The average molecular weight is 407 g/mol. The topological polar surface area (TPSA) is 138 Å². The van der Waals surface area contributed by atoms with Crippen LogP contribution in [0.5, 0.6) is 0 Å². The lowest BCUT2D eigenvalue weighted by Crippen LogP contribution is -2.46. The zero-order valence-electron chi connectivity index (χ0n) is 15.5. The van der Waals surface area contributed by atoms with Crippen LogP contribution >= 0.6 is 0 Å². The lowest BCUT2D eigenvalue weighted by atomic mass is 9.52. The van der Waals surface area contributed by atoms with Crippen LogP contribution in [0.4, 0.5) is 10.6 Å². The first kappa shape index (κ1) is 18.4. The molecule has 2 N–H and O–H groups in total. The Morgan fingerprint density at radius 2 is 2.07 bits per heavy atom. The molecule has 5 rings (SSSR count). The highest BCUT2D eigenvalue weighted by Gasteiger charge is 2.56. The van der Waals surface area contributed by atoms with E-state index in [1.807, 2.05) is 0 Å². The average Bonchev–Trinajstić information content (AvgIpc) is 3.15. The van der Waals surface area contributed by atoms with E-state index in [0.29, 0.717) is 5.41 Å². The molecule has 0 unspecified atom stereocenters. The number of anilines is 1. The molecule has 2 aliphatic heterocycles. The van der Waals surface area contributed by atoms with Crippen molar-refractivity contribution in [3.8, 4) is 0 Å². The number of carbonyl (C=O) groups excluding carboxylic acids is 2. The number of hydrogen-bond donors (Lipinski definition) is 2. The number of rotatable bonds is 5. The molecule has 0 bridgehead atoms. The minimum absolute atomic E-state index is 0.0318. The second-order valence-electron chi connectivity index (χ2n) is 8.18. The van der Waals surface area contributed by atoms with Crippen LogP contribution in [0.3, 0.4) is 0 Å². The van der Waals surface area contributed by atoms with E-state index < -0.39 is 36.4 Å². The zero-order valence-corrected chi connectivity index (χ0v) is 15.5. The zero-order chi connectivity index (χ0) is 20.2. The molecule has 4 fully saturated rings. The molecule has 0 aromatic carbocycles. The van der Waals surface area contributed by atoms with Crippen molar-refractivity contribution in [3.63, 3.8) is 0 Å². The summed E-state index contributed by atoms with van der Waals surface area (Å²) < 4.78 is 22.7. The second-order valence-corrected chi connectivity index (χ2v) is 8.18. The molecule has 11 heteroatoms. The SMILES string of the molecule is O=C1O[C@@H]2[C@H](O1)[C@@H](COC(=O)C1CC3(CCC3)C1)O[C@H]2n1ccc(NO)nc1=O. The van der Waals surface area contributed by atoms with Gasteiger partial charge >= 0.3 is 17.8 Å². The second kappa shape index (κ2) is 6.70. The van der Waals surface area contributed by atoms with Gasteiger partial charge in [0.1, 0.15) is 12.7 Å². The highest BCUT2D eigenvalue weighted by atomic mass is 16.8. The van der Waals surface area contributed by atoms with Crippen LogP contribution in [0.15, 0.2) is 17.1 Å². The molecule has 1 aromatic heterocycles. The monoisotopic (exact) mass is 407 g/mol. The van der Waals surface area contributed by atoms with Crippen molar-refractivity contribution in [2.24, 2.45) is 11.3 Å². The molecule has 2 saturated carbocycles. The Labute approximate surface area is 164 Å². The van der Waals surface area contributed by atoms with E-state index in [2.05, 4.69) is 4.98 Å². The van der Waals surface area contributed by atoms with Gasteiger partial charge in [0.25, 0.3) is 0 Å². The molecular weight excluding hydrogens is 386 g/mol. The number of fused-ring (bicyclic) bond motifs is 1. The molecular formula is C18H21N3O8. The number of esters is 1. The quantitative estimate of drug-likeness (QED) is 0.536. The van der Waals surface area contributed by atoms with Crippen LogP contribution in [-0.4, -0.2) is 51.8 Å². The molecule has 1 spiro atoms. The fourth-order valence-corrected chi connectivity index (χ4v) is 4.77. The molecule has 2 saturated heterocycles. The molecule has 4 atom stereocenters. The first-order valence-electron chi connectivity index (χ1n) is 9.67. The smallest absolute Gasteiger partial charge is 0.463 e. The summed E-state index contributed by atoms with van der Waals surface area (Å²) in [5.74, 6) is -0.389. The van der Waals surface area contributed by atoms with Crippen LogP contribution in [0.2, 0.25) is 0 Å². The first-order chi connectivity index (χ1) is 14.0. The number of nitrogens with one attached hydrogen (secondary N) is 1. The van der Waals surface area contributed by atoms with Gasteiger partial charge in [0.2, 0.25) is 0 Å². The Kier molecular flexibility index (Phi) is 4.24. The normalized spacial score (nSPS) is 32.0.